The van der Waals surface area contributed by atoms with E-state index in [4.69, 9.17) is 0 Å². The van der Waals surface area contributed by atoms with Crippen LogP contribution in [-0.2, 0) is 4.79 Å². The van der Waals surface area contributed by atoms with Gasteiger partial charge in [0.15, 0.2) is 0 Å². The highest BCUT2D eigenvalue weighted by molar-refractivity contribution is 5.85. The van der Waals surface area contributed by atoms with Crippen LogP contribution in [0.5, 0.6) is 0 Å². The number of hydrogen-bond donors (Lipinski definition) is 1. The number of hydrogen-bond acceptors (Lipinski definition) is 2. The Balaban J connectivity index is 1.96. The lowest BCUT2D eigenvalue weighted by Gasteiger charge is -2.59. The van der Waals surface area contributed by atoms with Gasteiger partial charge >= 0.3 is 0 Å². The van der Waals surface area contributed by atoms with Crippen molar-refractivity contribution in [1.82, 2.24) is 0 Å². The standard InChI is InChI=1S/C13H20O2/c1-2-11(14)12-4-9-3-10(5-12)7-13(15,6-9)8-12/h9-10,15H,2-8H2,1H3. The number of ketones is 1. The Bertz CT molecular complexity index is 294. The van der Waals surface area contributed by atoms with E-state index in [1.54, 1.807) is 0 Å². The third kappa shape index (κ3) is 1.30. The lowest BCUT2D eigenvalue weighted by Crippen LogP contribution is -2.58. The lowest BCUT2D eigenvalue weighted by atomic mass is 9.47. The Kier molecular flexibility index (Phi) is 1.87. The van der Waals surface area contributed by atoms with E-state index in [-0.39, 0.29) is 5.41 Å². The molecule has 1 N–H and O–H groups in total. The first-order valence-electron chi connectivity index (χ1n) is 6.31. The molecule has 4 rings (SSSR count). The normalized spacial score (nSPS) is 52.1. The predicted molar refractivity (Wildman–Crippen MR) is 57.4 cm³/mol. The van der Waals surface area contributed by atoms with Crippen LogP contribution in [0.15, 0.2) is 0 Å². The molecule has 15 heavy (non-hydrogen) atoms. The summed E-state index contributed by atoms with van der Waals surface area (Å²) in [5.41, 5.74) is -0.595. The topological polar surface area (TPSA) is 37.3 Å². The number of carbonyl (C=O) groups excluding carboxylic acids is 1. The molecule has 4 aliphatic rings. The Morgan fingerprint density at radius 1 is 1.27 bits per heavy atom. The minimum atomic E-state index is -0.477. The van der Waals surface area contributed by atoms with Gasteiger partial charge < -0.3 is 5.11 Å². The molecule has 4 fully saturated rings. The highest BCUT2D eigenvalue weighted by Crippen LogP contribution is 2.62. The Labute approximate surface area is 91.1 Å². The Hall–Kier alpha value is -0.370. The van der Waals surface area contributed by atoms with Crippen molar-refractivity contribution in [3.8, 4) is 0 Å². The van der Waals surface area contributed by atoms with Crippen molar-refractivity contribution >= 4 is 5.78 Å². The van der Waals surface area contributed by atoms with Crippen molar-refractivity contribution < 1.29 is 9.90 Å². The first-order chi connectivity index (χ1) is 7.05. The zero-order chi connectivity index (χ0) is 10.7. The molecular weight excluding hydrogens is 188 g/mol. The van der Waals surface area contributed by atoms with Gasteiger partial charge in [0.1, 0.15) is 5.78 Å². The lowest BCUT2D eigenvalue weighted by molar-refractivity contribution is -0.176. The Morgan fingerprint density at radius 2 is 1.87 bits per heavy atom. The monoisotopic (exact) mass is 208 g/mol. The summed E-state index contributed by atoms with van der Waals surface area (Å²) in [6.07, 6.45) is 6.73. The van der Waals surface area contributed by atoms with Crippen molar-refractivity contribution in [3.05, 3.63) is 0 Å². The van der Waals surface area contributed by atoms with E-state index < -0.39 is 5.60 Å². The maximum Gasteiger partial charge on any atom is 0.138 e. The Morgan fingerprint density at radius 3 is 2.33 bits per heavy atom. The fourth-order valence-corrected chi connectivity index (χ4v) is 4.92. The van der Waals surface area contributed by atoms with Crippen LogP contribution in [0.1, 0.15) is 51.9 Å². The van der Waals surface area contributed by atoms with Crippen LogP contribution in [0.2, 0.25) is 0 Å². The number of aliphatic hydroxyl groups is 1. The van der Waals surface area contributed by atoms with Gasteiger partial charge in [-0.2, -0.15) is 0 Å². The van der Waals surface area contributed by atoms with E-state index in [0.29, 0.717) is 24.0 Å². The molecule has 0 amide bonds. The second-order valence-corrected chi connectivity index (χ2v) is 6.24. The van der Waals surface area contributed by atoms with Gasteiger partial charge in [-0.25, -0.2) is 0 Å². The van der Waals surface area contributed by atoms with Gasteiger partial charge in [0.2, 0.25) is 0 Å². The summed E-state index contributed by atoms with van der Waals surface area (Å²) in [5, 5.41) is 10.5. The summed E-state index contributed by atoms with van der Waals surface area (Å²) in [5.74, 6) is 1.67. The van der Waals surface area contributed by atoms with Gasteiger partial charge in [-0.1, -0.05) is 6.92 Å². The van der Waals surface area contributed by atoms with Crippen LogP contribution in [0.4, 0.5) is 0 Å². The first kappa shape index (κ1) is 9.83. The molecular formula is C13H20O2. The van der Waals surface area contributed by atoms with Crippen LogP contribution in [-0.4, -0.2) is 16.5 Å². The molecule has 4 aliphatic carbocycles. The SMILES string of the molecule is CCC(=O)C12CC3CC(CC(O)(C3)C1)C2. The smallest absolute Gasteiger partial charge is 0.138 e. The quantitative estimate of drug-likeness (QED) is 0.756. The average Bonchev–Trinajstić information content (AvgIpc) is 2.12. The molecule has 2 unspecified atom stereocenters. The molecule has 0 aliphatic heterocycles. The van der Waals surface area contributed by atoms with E-state index in [1.165, 1.54) is 6.42 Å². The molecule has 84 valence electrons. The van der Waals surface area contributed by atoms with Crippen LogP contribution < -0.4 is 0 Å². The largest absolute Gasteiger partial charge is 0.390 e. The minimum absolute atomic E-state index is 0.117. The van der Waals surface area contributed by atoms with Crippen molar-refractivity contribution in [3.63, 3.8) is 0 Å². The van der Waals surface area contributed by atoms with Gasteiger partial charge in [-0.15, -0.1) is 0 Å². The molecule has 0 radical (unpaired) electrons. The van der Waals surface area contributed by atoms with E-state index in [2.05, 4.69) is 0 Å². The average molecular weight is 208 g/mol. The van der Waals surface area contributed by atoms with Crippen molar-refractivity contribution in [1.29, 1.82) is 0 Å². The second-order valence-electron chi connectivity index (χ2n) is 6.24. The van der Waals surface area contributed by atoms with E-state index in [0.717, 1.165) is 32.1 Å². The molecule has 4 saturated carbocycles. The molecule has 2 atom stereocenters. The summed E-state index contributed by atoms with van der Waals surface area (Å²) < 4.78 is 0. The number of Topliss-reactive ketones (excluding diaryl/α,β-unsaturated/α-hetero) is 1. The molecule has 0 spiro atoms. The van der Waals surface area contributed by atoms with Crippen molar-refractivity contribution in [2.45, 2.75) is 57.5 Å². The van der Waals surface area contributed by atoms with Gasteiger partial charge in [-0.05, 0) is 50.4 Å². The molecule has 0 aromatic heterocycles. The van der Waals surface area contributed by atoms with Crippen LogP contribution in [0, 0.1) is 17.3 Å². The number of rotatable bonds is 2. The van der Waals surface area contributed by atoms with Crippen molar-refractivity contribution in [2.75, 3.05) is 0 Å². The second kappa shape index (κ2) is 2.85. The van der Waals surface area contributed by atoms with Crippen molar-refractivity contribution in [2.24, 2.45) is 17.3 Å². The minimum Gasteiger partial charge on any atom is -0.390 e. The van der Waals surface area contributed by atoms with E-state index in [1.807, 2.05) is 6.92 Å². The predicted octanol–water partition coefficient (Wildman–Crippen LogP) is 2.30. The van der Waals surface area contributed by atoms with Gasteiger partial charge in [-0.3, -0.25) is 4.79 Å². The summed E-state index contributed by atoms with van der Waals surface area (Å²) in [4.78, 5) is 12.1. The first-order valence-corrected chi connectivity index (χ1v) is 6.31. The highest BCUT2D eigenvalue weighted by Gasteiger charge is 2.59. The van der Waals surface area contributed by atoms with E-state index >= 15 is 0 Å². The fourth-order valence-electron chi connectivity index (χ4n) is 4.92. The maximum atomic E-state index is 12.1. The third-order valence-electron chi connectivity index (χ3n) is 4.94. The zero-order valence-corrected chi connectivity index (χ0v) is 9.46. The fraction of sp³-hybridized carbons (Fsp3) is 0.923. The molecule has 0 heterocycles. The van der Waals surface area contributed by atoms with E-state index in [9.17, 15) is 9.90 Å². The molecule has 2 nitrogen and oxygen atoms in total. The van der Waals surface area contributed by atoms with Crippen LogP contribution in [0.25, 0.3) is 0 Å². The maximum absolute atomic E-state index is 12.1. The summed E-state index contributed by atoms with van der Waals surface area (Å²) in [6.45, 7) is 1.96. The zero-order valence-electron chi connectivity index (χ0n) is 9.46. The van der Waals surface area contributed by atoms with Crippen LogP contribution >= 0.6 is 0 Å². The molecule has 0 saturated heterocycles. The van der Waals surface area contributed by atoms with Crippen LogP contribution in [0.3, 0.4) is 0 Å². The molecule has 0 aromatic rings. The van der Waals surface area contributed by atoms with Gasteiger partial charge in [0, 0.05) is 11.8 Å². The van der Waals surface area contributed by atoms with Gasteiger partial charge in [0.25, 0.3) is 0 Å². The molecule has 0 aromatic carbocycles. The summed E-state index contributed by atoms with van der Waals surface area (Å²) in [6, 6.07) is 0. The molecule has 2 heteroatoms. The number of carbonyl (C=O) groups is 1. The summed E-state index contributed by atoms with van der Waals surface area (Å²) in [7, 11) is 0. The molecule has 4 bridgehead atoms. The van der Waals surface area contributed by atoms with Gasteiger partial charge in [0.05, 0.1) is 5.60 Å². The highest BCUT2D eigenvalue weighted by atomic mass is 16.3. The third-order valence-corrected chi connectivity index (χ3v) is 4.94. The summed E-state index contributed by atoms with van der Waals surface area (Å²) >= 11 is 0.